The van der Waals surface area contributed by atoms with Crippen molar-refractivity contribution in [3.63, 3.8) is 0 Å². The lowest BCUT2D eigenvalue weighted by molar-refractivity contribution is -0.118. The van der Waals surface area contributed by atoms with Crippen molar-refractivity contribution >= 4 is 23.2 Å². The summed E-state index contributed by atoms with van der Waals surface area (Å²) in [4.78, 5) is 28.5. The Morgan fingerprint density at radius 3 is 2.03 bits per heavy atom. The van der Waals surface area contributed by atoms with Crippen LogP contribution in [0.4, 0.5) is 11.4 Å². The highest BCUT2D eigenvalue weighted by molar-refractivity contribution is 5.96. The lowest BCUT2D eigenvalue weighted by Crippen LogP contribution is -2.34. The lowest BCUT2D eigenvalue weighted by atomic mass is 9.97. The van der Waals surface area contributed by atoms with E-state index in [0.717, 1.165) is 35.5 Å². The van der Waals surface area contributed by atoms with Gasteiger partial charge in [-0.3, -0.25) is 14.5 Å². The Kier molecular flexibility index (Phi) is 6.43. The molecule has 0 unspecified atom stereocenters. The smallest absolute Gasteiger partial charge is 0.238 e. The van der Waals surface area contributed by atoms with Crippen LogP contribution in [0.15, 0.2) is 84.9 Å². The van der Waals surface area contributed by atoms with Crippen molar-refractivity contribution in [1.82, 2.24) is 4.90 Å². The average molecular weight is 414 g/mol. The molecule has 1 N–H and O–H groups in total. The number of hydrogen-bond acceptors (Lipinski definition) is 3. The Hall–Kier alpha value is -3.44. The standard InChI is InChI=1S/C26H27N3O2/c1-28(26(20-9-4-2-5-10-20)21-11-6-3-7-12-21)19-24(30)27-22-14-16-23(17-15-22)29-18-8-13-25(29)31/h2-7,9-12,14-17,26H,8,13,18-19H2,1H3,(H,27,30). The molecule has 3 aromatic rings. The normalized spacial score (nSPS) is 13.8. The van der Waals surface area contributed by atoms with Gasteiger partial charge in [-0.1, -0.05) is 60.7 Å². The van der Waals surface area contributed by atoms with Gasteiger partial charge in [0.15, 0.2) is 0 Å². The Bertz CT molecular complexity index is 980. The maximum Gasteiger partial charge on any atom is 0.238 e. The van der Waals surface area contributed by atoms with Crippen LogP contribution in [-0.4, -0.2) is 36.9 Å². The molecule has 0 saturated carbocycles. The maximum absolute atomic E-state index is 12.8. The van der Waals surface area contributed by atoms with Gasteiger partial charge in [-0.15, -0.1) is 0 Å². The van der Waals surface area contributed by atoms with Crippen LogP contribution < -0.4 is 10.2 Å². The monoisotopic (exact) mass is 413 g/mol. The second-order valence-electron chi connectivity index (χ2n) is 7.88. The van der Waals surface area contributed by atoms with Crippen molar-refractivity contribution in [3.8, 4) is 0 Å². The van der Waals surface area contributed by atoms with Crippen molar-refractivity contribution in [1.29, 1.82) is 0 Å². The molecule has 0 atom stereocenters. The molecule has 2 amide bonds. The first-order chi connectivity index (χ1) is 15.1. The number of rotatable bonds is 7. The zero-order chi connectivity index (χ0) is 21.6. The third kappa shape index (κ3) is 5.01. The number of benzene rings is 3. The quantitative estimate of drug-likeness (QED) is 0.622. The molecule has 1 heterocycles. The highest BCUT2D eigenvalue weighted by Gasteiger charge is 2.22. The Morgan fingerprint density at radius 1 is 0.935 bits per heavy atom. The molecule has 1 aliphatic heterocycles. The number of nitrogens with one attached hydrogen (secondary N) is 1. The summed E-state index contributed by atoms with van der Waals surface area (Å²) in [5.41, 5.74) is 3.89. The predicted molar refractivity (Wildman–Crippen MR) is 124 cm³/mol. The zero-order valence-corrected chi connectivity index (χ0v) is 17.7. The molecular formula is C26H27N3O2. The van der Waals surface area contributed by atoms with Crippen molar-refractivity contribution in [2.75, 3.05) is 30.4 Å². The van der Waals surface area contributed by atoms with E-state index in [0.29, 0.717) is 6.42 Å². The first kappa shape index (κ1) is 20.8. The van der Waals surface area contributed by atoms with Crippen molar-refractivity contribution < 1.29 is 9.59 Å². The van der Waals surface area contributed by atoms with Crippen LogP contribution in [0.3, 0.4) is 0 Å². The third-order valence-electron chi connectivity index (χ3n) is 5.60. The number of hydrogen-bond donors (Lipinski definition) is 1. The van der Waals surface area contributed by atoms with E-state index >= 15 is 0 Å². The van der Waals surface area contributed by atoms with Gasteiger partial charge in [0.2, 0.25) is 11.8 Å². The van der Waals surface area contributed by atoms with Crippen LogP contribution in [-0.2, 0) is 9.59 Å². The fourth-order valence-corrected chi connectivity index (χ4v) is 4.14. The van der Waals surface area contributed by atoms with Gasteiger partial charge in [-0.05, 0) is 48.9 Å². The van der Waals surface area contributed by atoms with E-state index in [1.54, 1.807) is 4.90 Å². The van der Waals surface area contributed by atoms with Crippen molar-refractivity contribution in [2.24, 2.45) is 0 Å². The molecule has 0 aliphatic carbocycles. The maximum atomic E-state index is 12.8. The van der Waals surface area contributed by atoms with E-state index in [1.807, 2.05) is 67.7 Å². The van der Waals surface area contributed by atoms with Gasteiger partial charge in [0, 0.05) is 24.3 Å². The minimum Gasteiger partial charge on any atom is -0.325 e. The van der Waals surface area contributed by atoms with E-state index < -0.39 is 0 Å². The highest BCUT2D eigenvalue weighted by Crippen LogP contribution is 2.27. The summed E-state index contributed by atoms with van der Waals surface area (Å²) < 4.78 is 0. The minimum absolute atomic E-state index is 0.0169. The molecule has 4 rings (SSSR count). The number of anilines is 2. The predicted octanol–water partition coefficient (Wildman–Crippen LogP) is 4.47. The summed E-state index contributed by atoms with van der Waals surface area (Å²) in [5, 5.41) is 2.98. The molecule has 0 radical (unpaired) electrons. The van der Waals surface area contributed by atoms with E-state index in [4.69, 9.17) is 0 Å². The van der Waals surface area contributed by atoms with Gasteiger partial charge in [0.05, 0.1) is 12.6 Å². The van der Waals surface area contributed by atoms with E-state index in [1.165, 1.54) is 0 Å². The van der Waals surface area contributed by atoms with Crippen LogP contribution in [0, 0.1) is 0 Å². The largest absolute Gasteiger partial charge is 0.325 e. The molecule has 0 aromatic heterocycles. The van der Waals surface area contributed by atoms with Crippen LogP contribution in [0.1, 0.15) is 30.0 Å². The Morgan fingerprint density at radius 2 is 1.52 bits per heavy atom. The third-order valence-corrected chi connectivity index (χ3v) is 5.60. The molecule has 5 heteroatoms. The van der Waals surface area contributed by atoms with Crippen LogP contribution in [0.2, 0.25) is 0 Å². The fraction of sp³-hybridized carbons (Fsp3) is 0.231. The molecular weight excluding hydrogens is 386 g/mol. The minimum atomic E-state index is -0.0793. The summed E-state index contributed by atoms with van der Waals surface area (Å²) in [7, 11) is 1.96. The lowest BCUT2D eigenvalue weighted by Gasteiger charge is -2.28. The number of carbonyl (C=O) groups is 2. The van der Waals surface area contributed by atoms with Crippen LogP contribution in [0.5, 0.6) is 0 Å². The number of carbonyl (C=O) groups excluding carboxylic acids is 2. The zero-order valence-electron chi connectivity index (χ0n) is 17.7. The second kappa shape index (κ2) is 9.58. The molecule has 1 saturated heterocycles. The molecule has 1 fully saturated rings. The van der Waals surface area contributed by atoms with Gasteiger partial charge >= 0.3 is 0 Å². The average Bonchev–Trinajstić information content (AvgIpc) is 3.22. The Labute approximate surface area is 183 Å². The number of amides is 2. The summed E-state index contributed by atoms with van der Waals surface area (Å²) >= 11 is 0. The molecule has 0 spiro atoms. The molecule has 0 bridgehead atoms. The van der Waals surface area contributed by atoms with Crippen LogP contribution in [0.25, 0.3) is 0 Å². The van der Waals surface area contributed by atoms with E-state index in [9.17, 15) is 9.59 Å². The highest BCUT2D eigenvalue weighted by atomic mass is 16.2. The van der Waals surface area contributed by atoms with Gasteiger partial charge < -0.3 is 10.2 Å². The van der Waals surface area contributed by atoms with E-state index in [2.05, 4.69) is 34.5 Å². The molecule has 31 heavy (non-hydrogen) atoms. The summed E-state index contributed by atoms with van der Waals surface area (Å²) in [6, 6.07) is 27.9. The van der Waals surface area contributed by atoms with Gasteiger partial charge in [-0.2, -0.15) is 0 Å². The number of nitrogens with zero attached hydrogens (tertiary/aromatic N) is 2. The first-order valence-electron chi connectivity index (χ1n) is 10.6. The summed E-state index contributed by atoms with van der Waals surface area (Å²) in [6.07, 6.45) is 1.50. The molecule has 5 nitrogen and oxygen atoms in total. The van der Waals surface area contributed by atoms with Gasteiger partial charge in [0.25, 0.3) is 0 Å². The van der Waals surface area contributed by atoms with Crippen molar-refractivity contribution in [3.05, 3.63) is 96.1 Å². The second-order valence-corrected chi connectivity index (χ2v) is 7.88. The SMILES string of the molecule is CN(CC(=O)Nc1ccc(N2CCCC2=O)cc1)C(c1ccccc1)c1ccccc1. The van der Waals surface area contributed by atoms with E-state index in [-0.39, 0.29) is 24.4 Å². The number of likely N-dealkylation sites (N-methyl/N-ethyl adjacent to an activating group) is 1. The van der Waals surface area contributed by atoms with Gasteiger partial charge in [0.1, 0.15) is 0 Å². The van der Waals surface area contributed by atoms with Crippen molar-refractivity contribution in [2.45, 2.75) is 18.9 Å². The molecule has 3 aromatic carbocycles. The first-order valence-corrected chi connectivity index (χ1v) is 10.6. The Balaban J connectivity index is 1.43. The topological polar surface area (TPSA) is 52.7 Å². The molecule has 158 valence electrons. The van der Waals surface area contributed by atoms with Gasteiger partial charge in [-0.25, -0.2) is 0 Å². The summed E-state index contributed by atoms with van der Waals surface area (Å²) in [5.74, 6) is 0.0793. The molecule has 1 aliphatic rings. The van der Waals surface area contributed by atoms with Crippen LogP contribution >= 0.6 is 0 Å². The fourth-order valence-electron chi connectivity index (χ4n) is 4.14. The summed E-state index contributed by atoms with van der Waals surface area (Å²) in [6.45, 7) is 1.01.